The molecule has 0 aromatic rings. The van der Waals surface area contributed by atoms with Gasteiger partial charge in [0.2, 0.25) is 0 Å². The molecule has 0 saturated carbocycles. The highest BCUT2D eigenvalue weighted by Crippen LogP contribution is 2.39. The first-order valence-electron chi connectivity index (χ1n) is 5.12. The van der Waals surface area contributed by atoms with Gasteiger partial charge in [0.15, 0.2) is 0 Å². The van der Waals surface area contributed by atoms with Crippen LogP contribution in [0.5, 0.6) is 0 Å². The van der Waals surface area contributed by atoms with Crippen LogP contribution < -0.4 is 0 Å². The Morgan fingerprint density at radius 3 is 2.85 bits per heavy atom. The predicted molar refractivity (Wildman–Crippen MR) is 58.7 cm³/mol. The van der Waals surface area contributed by atoms with E-state index in [0.29, 0.717) is 5.92 Å². The summed E-state index contributed by atoms with van der Waals surface area (Å²) in [5.41, 5.74) is 0.225. The van der Waals surface area contributed by atoms with Crippen LogP contribution in [0.25, 0.3) is 0 Å². The lowest BCUT2D eigenvalue weighted by Crippen LogP contribution is -2.43. The molecule has 0 aromatic heterocycles. The standard InChI is InChI=1S/C10H17ClOS/c11-8-9-1-4-12-10(7-9)2-5-13-6-3-10/h9H,1-8H2. The van der Waals surface area contributed by atoms with Crippen molar-refractivity contribution in [3.05, 3.63) is 0 Å². The SMILES string of the molecule is ClCC1CCOC2(CCSCC2)C1. The van der Waals surface area contributed by atoms with Crippen molar-refractivity contribution in [2.45, 2.75) is 31.3 Å². The summed E-state index contributed by atoms with van der Waals surface area (Å²) in [6, 6.07) is 0. The van der Waals surface area contributed by atoms with E-state index in [4.69, 9.17) is 16.3 Å². The molecule has 13 heavy (non-hydrogen) atoms. The second kappa shape index (κ2) is 4.41. The zero-order valence-electron chi connectivity index (χ0n) is 7.93. The molecule has 1 unspecified atom stereocenters. The Hall–Kier alpha value is 0.600. The average molecular weight is 221 g/mol. The van der Waals surface area contributed by atoms with Crippen LogP contribution in [-0.2, 0) is 4.74 Å². The van der Waals surface area contributed by atoms with E-state index in [2.05, 4.69) is 11.8 Å². The molecule has 1 nitrogen and oxygen atoms in total. The van der Waals surface area contributed by atoms with Crippen LogP contribution in [0.1, 0.15) is 25.7 Å². The molecule has 2 aliphatic rings. The van der Waals surface area contributed by atoms with Crippen LogP contribution in [0.2, 0.25) is 0 Å². The monoisotopic (exact) mass is 220 g/mol. The van der Waals surface area contributed by atoms with Gasteiger partial charge in [0, 0.05) is 12.5 Å². The Morgan fingerprint density at radius 2 is 2.15 bits per heavy atom. The molecule has 0 aliphatic carbocycles. The quantitative estimate of drug-likeness (QED) is 0.629. The van der Waals surface area contributed by atoms with Crippen LogP contribution in [0.15, 0.2) is 0 Å². The smallest absolute Gasteiger partial charge is 0.0701 e. The number of alkyl halides is 1. The summed E-state index contributed by atoms with van der Waals surface area (Å²) >= 11 is 7.98. The van der Waals surface area contributed by atoms with Crippen LogP contribution in [0.4, 0.5) is 0 Å². The van der Waals surface area contributed by atoms with Crippen LogP contribution in [0.3, 0.4) is 0 Å². The van der Waals surface area contributed by atoms with Gasteiger partial charge < -0.3 is 4.74 Å². The molecule has 1 spiro atoms. The average Bonchev–Trinajstić information content (AvgIpc) is 2.19. The molecule has 0 bridgehead atoms. The summed E-state index contributed by atoms with van der Waals surface area (Å²) in [5.74, 6) is 4.07. The second-order valence-corrected chi connectivity index (χ2v) is 5.69. The normalized spacial score (nSPS) is 33.5. The van der Waals surface area contributed by atoms with E-state index in [9.17, 15) is 0 Å². The minimum Gasteiger partial charge on any atom is -0.375 e. The number of hydrogen-bond acceptors (Lipinski definition) is 2. The largest absolute Gasteiger partial charge is 0.375 e. The van der Waals surface area contributed by atoms with E-state index in [1.165, 1.54) is 37.2 Å². The van der Waals surface area contributed by atoms with Crippen molar-refractivity contribution >= 4 is 23.4 Å². The molecule has 2 saturated heterocycles. The Morgan fingerprint density at radius 1 is 1.38 bits per heavy atom. The maximum absolute atomic E-state index is 5.97. The van der Waals surface area contributed by atoms with Crippen LogP contribution in [0, 0.1) is 5.92 Å². The molecule has 2 aliphatic heterocycles. The molecule has 0 amide bonds. The van der Waals surface area contributed by atoms with Crippen LogP contribution in [-0.4, -0.2) is 29.6 Å². The lowest BCUT2D eigenvalue weighted by atomic mass is 9.83. The predicted octanol–water partition coefficient (Wildman–Crippen LogP) is 2.92. The van der Waals surface area contributed by atoms with Gasteiger partial charge >= 0.3 is 0 Å². The molecule has 76 valence electrons. The zero-order chi connectivity index (χ0) is 9.15. The minimum absolute atomic E-state index is 0.225. The number of halogens is 1. The van der Waals surface area contributed by atoms with Gasteiger partial charge in [-0.1, -0.05) is 0 Å². The first-order valence-corrected chi connectivity index (χ1v) is 6.81. The van der Waals surface area contributed by atoms with Gasteiger partial charge in [-0.3, -0.25) is 0 Å². The third-order valence-electron chi connectivity index (χ3n) is 3.22. The van der Waals surface area contributed by atoms with Crippen molar-refractivity contribution in [1.82, 2.24) is 0 Å². The Balaban J connectivity index is 1.95. The first kappa shape index (κ1) is 10.1. The van der Waals surface area contributed by atoms with Gasteiger partial charge in [-0.05, 0) is 43.1 Å². The second-order valence-electron chi connectivity index (χ2n) is 4.16. The Kier molecular flexibility index (Phi) is 3.44. The van der Waals surface area contributed by atoms with E-state index in [1.54, 1.807) is 0 Å². The van der Waals surface area contributed by atoms with Crippen molar-refractivity contribution in [3.63, 3.8) is 0 Å². The number of thioether (sulfide) groups is 1. The number of ether oxygens (including phenoxy) is 1. The van der Waals surface area contributed by atoms with Crippen molar-refractivity contribution in [2.75, 3.05) is 24.0 Å². The molecular formula is C10H17ClOS. The third kappa shape index (κ3) is 2.34. The molecule has 3 heteroatoms. The van der Waals surface area contributed by atoms with E-state index >= 15 is 0 Å². The molecule has 2 heterocycles. The van der Waals surface area contributed by atoms with Gasteiger partial charge in [0.05, 0.1) is 5.60 Å². The van der Waals surface area contributed by atoms with Crippen LogP contribution >= 0.6 is 23.4 Å². The lowest BCUT2D eigenvalue weighted by Gasteiger charge is -2.43. The maximum Gasteiger partial charge on any atom is 0.0701 e. The van der Waals surface area contributed by atoms with E-state index in [1.807, 2.05) is 0 Å². The molecular weight excluding hydrogens is 204 g/mol. The lowest BCUT2D eigenvalue weighted by molar-refractivity contribution is -0.0985. The summed E-state index contributed by atoms with van der Waals surface area (Å²) < 4.78 is 5.97. The summed E-state index contributed by atoms with van der Waals surface area (Å²) in [4.78, 5) is 0. The topological polar surface area (TPSA) is 9.23 Å². The van der Waals surface area contributed by atoms with E-state index in [-0.39, 0.29) is 5.60 Å². The van der Waals surface area contributed by atoms with Crippen molar-refractivity contribution < 1.29 is 4.74 Å². The highest BCUT2D eigenvalue weighted by atomic mass is 35.5. The van der Waals surface area contributed by atoms with Crippen molar-refractivity contribution in [3.8, 4) is 0 Å². The Bertz CT molecular complexity index is 163. The van der Waals surface area contributed by atoms with Gasteiger partial charge in [-0.15, -0.1) is 11.6 Å². The fourth-order valence-electron chi connectivity index (χ4n) is 2.35. The Labute approximate surface area is 89.6 Å². The first-order chi connectivity index (χ1) is 6.35. The van der Waals surface area contributed by atoms with Gasteiger partial charge in [-0.2, -0.15) is 11.8 Å². The molecule has 0 N–H and O–H groups in total. The summed E-state index contributed by atoms with van der Waals surface area (Å²) in [5, 5.41) is 0. The molecule has 2 fully saturated rings. The molecule has 1 atom stereocenters. The minimum atomic E-state index is 0.225. The number of rotatable bonds is 1. The van der Waals surface area contributed by atoms with E-state index in [0.717, 1.165) is 12.5 Å². The highest BCUT2D eigenvalue weighted by Gasteiger charge is 2.38. The third-order valence-corrected chi connectivity index (χ3v) is 4.64. The van der Waals surface area contributed by atoms with Crippen molar-refractivity contribution in [1.29, 1.82) is 0 Å². The fraction of sp³-hybridized carbons (Fsp3) is 1.00. The highest BCUT2D eigenvalue weighted by molar-refractivity contribution is 7.99. The molecule has 2 rings (SSSR count). The fourth-order valence-corrected chi connectivity index (χ4v) is 3.85. The maximum atomic E-state index is 5.97. The van der Waals surface area contributed by atoms with Gasteiger partial charge in [-0.25, -0.2) is 0 Å². The zero-order valence-corrected chi connectivity index (χ0v) is 9.50. The molecule has 0 radical (unpaired) electrons. The summed E-state index contributed by atoms with van der Waals surface area (Å²) in [6.07, 6.45) is 4.85. The molecule has 0 aromatic carbocycles. The van der Waals surface area contributed by atoms with Gasteiger partial charge in [0.25, 0.3) is 0 Å². The summed E-state index contributed by atoms with van der Waals surface area (Å²) in [6.45, 7) is 0.933. The van der Waals surface area contributed by atoms with E-state index < -0.39 is 0 Å². The summed E-state index contributed by atoms with van der Waals surface area (Å²) in [7, 11) is 0. The number of hydrogen-bond donors (Lipinski definition) is 0. The van der Waals surface area contributed by atoms with Gasteiger partial charge in [0.1, 0.15) is 0 Å². The van der Waals surface area contributed by atoms with Crippen molar-refractivity contribution in [2.24, 2.45) is 5.92 Å².